The second kappa shape index (κ2) is 6.04. The van der Waals surface area contributed by atoms with Crippen molar-refractivity contribution in [3.63, 3.8) is 0 Å². The summed E-state index contributed by atoms with van der Waals surface area (Å²) in [4.78, 5) is 0. The van der Waals surface area contributed by atoms with Gasteiger partial charge in [0.2, 0.25) is 0 Å². The molecule has 2 aromatic rings. The number of hydrogen-bond donors (Lipinski definition) is 1. The lowest BCUT2D eigenvalue weighted by Crippen LogP contribution is -2.14. The van der Waals surface area contributed by atoms with Gasteiger partial charge in [0.05, 0.1) is 0 Å². The average molecular weight is 343 g/mol. The van der Waals surface area contributed by atoms with Crippen molar-refractivity contribution in [1.82, 2.24) is 0 Å². The van der Waals surface area contributed by atoms with E-state index in [0.717, 1.165) is 15.6 Å². The quantitative estimate of drug-likeness (QED) is 0.852. The minimum Gasteiger partial charge on any atom is -0.324 e. The lowest BCUT2D eigenvalue weighted by Gasteiger charge is -2.15. The molecule has 2 aromatic carbocycles. The Morgan fingerprint density at radius 2 is 2.00 bits per heavy atom. The second-order valence-electron chi connectivity index (χ2n) is 4.57. The normalized spacial score (nSPS) is 12.5. The fraction of sp³-hybridized carbons (Fsp3) is 0.200. The molecule has 0 aliphatic rings. The number of rotatable bonds is 3. The standard InChI is InChI=1S/C15H14BrClFN/c1-9-2-4-12(13(16)6-9)15(19)8-10-7-11(17)3-5-14(10)18/h2-7,15H,8,19H2,1H3. The van der Waals surface area contributed by atoms with Gasteiger partial charge in [-0.25, -0.2) is 4.39 Å². The third-order valence-corrected chi connectivity index (χ3v) is 3.92. The van der Waals surface area contributed by atoms with E-state index in [0.29, 0.717) is 17.0 Å². The lowest BCUT2D eigenvalue weighted by atomic mass is 9.98. The van der Waals surface area contributed by atoms with Crippen molar-refractivity contribution in [2.24, 2.45) is 5.73 Å². The summed E-state index contributed by atoms with van der Waals surface area (Å²) in [6, 6.07) is 10.2. The van der Waals surface area contributed by atoms with E-state index in [1.165, 1.54) is 12.1 Å². The molecule has 0 radical (unpaired) electrons. The topological polar surface area (TPSA) is 26.0 Å². The maximum absolute atomic E-state index is 13.7. The van der Waals surface area contributed by atoms with Gasteiger partial charge in [0.1, 0.15) is 5.82 Å². The fourth-order valence-corrected chi connectivity index (χ4v) is 2.96. The summed E-state index contributed by atoms with van der Waals surface area (Å²) in [5.74, 6) is -0.275. The first kappa shape index (κ1) is 14.5. The highest BCUT2D eigenvalue weighted by Crippen LogP contribution is 2.27. The van der Waals surface area contributed by atoms with Crippen molar-refractivity contribution >= 4 is 27.5 Å². The first-order chi connectivity index (χ1) is 8.97. The molecule has 1 unspecified atom stereocenters. The number of nitrogens with two attached hydrogens (primary N) is 1. The minimum atomic E-state index is -0.275. The van der Waals surface area contributed by atoms with Gasteiger partial charge >= 0.3 is 0 Å². The average Bonchev–Trinajstić information content (AvgIpc) is 2.33. The predicted molar refractivity (Wildman–Crippen MR) is 80.9 cm³/mol. The first-order valence-electron chi connectivity index (χ1n) is 5.93. The van der Waals surface area contributed by atoms with E-state index in [-0.39, 0.29) is 11.9 Å². The van der Waals surface area contributed by atoms with Gasteiger partial charge in [0.25, 0.3) is 0 Å². The third-order valence-electron chi connectivity index (χ3n) is 3.00. The molecule has 0 aliphatic carbocycles. The second-order valence-corrected chi connectivity index (χ2v) is 5.86. The minimum absolute atomic E-state index is 0.275. The molecule has 0 amide bonds. The molecule has 2 rings (SSSR count). The largest absolute Gasteiger partial charge is 0.324 e. The predicted octanol–water partition coefficient (Wildman–Crippen LogP) is 4.79. The van der Waals surface area contributed by atoms with E-state index < -0.39 is 0 Å². The van der Waals surface area contributed by atoms with E-state index in [9.17, 15) is 4.39 Å². The zero-order valence-corrected chi connectivity index (χ0v) is 12.8. The molecule has 0 aliphatic heterocycles. The summed E-state index contributed by atoms with van der Waals surface area (Å²) in [6.45, 7) is 2.01. The molecule has 19 heavy (non-hydrogen) atoms. The molecule has 2 N–H and O–H groups in total. The Kier molecular flexibility index (Phi) is 4.61. The Bertz CT molecular complexity index is 601. The van der Waals surface area contributed by atoms with Gasteiger partial charge in [-0.3, -0.25) is 0 Å². The van der Waals surface area contributed by atoms with Crippen molar-refractivity contribution in [3.05, 3.63) is 68.4 Å². The highest BCUT2D eigenvalue weighted by molar-refractivity contribution is 9.10. The van der Waals surface area contributed by atoms with Gasteiger partial charge in [-0.15, -0.1) is 0 Å². The fourth-order valence-electron chi connectivity index (χ4n) is 1.98. The van der Waals surface area contributed by atoms with Crippen LogP contribution in [0.1, 0.15) is 22.7 Å². The van der Waals surface area contributed by atoms with E-state index in [1.54, 1.807) is 6.07 Å². The van der Waals surface area contributed by atoms with E-state index in [2.05, 4.69) is 15.9 Å². The molecule has 0 aromatic heterocycles. The Hall–Kier alpha value is -0.900. The summed E-state index contributed by atoms with van der Waals surface area (Å²) < 4.78 is 14.6. The van der Waals surface area contributed by atoms with Crippen molar-refractivity contribution in [2.45, 2.75) is 19.4 Å². The van der Waals surface area contributed by atoms with Gasteiger partial charge in [-0.05, 0) is 54.3 Å². The molecule has 0 heterocycles. The van der Waals surface area contributed by atoms with E-state index in [4.69, 9.17) is 17.3 Å². The van der Waals surface area contributed by atoms with Crippen LogP contribution >= 0.6 is 27.5 Å². The van der Waals surface area contributed by atoms with Gasteiger partial charge in [-0.1, -0.05) is 39.7 Å². The molecule has 1 atom stereocenters. The Morgan fingerprint density at radius 3 is 2.68 bits per heavy atom. The van der Waals surface area contributed by atoms with Gasteiger partial charge in [0.15, 0.2) is 0 Å². The van der Waals surface area contributed by atoms with Gasteiger partial charge in [0, 0.05) is 15.5 Å². The molecule has 4 heteroatoms. The van der Waals surface area contributed by atoms with Crippen LogP contribution in [0.5, 0.6) is 0 Å². The number of halogens is 3. The van der Waals surface area contributed by atoms with Crippen LogP contribution < -0.4 is 5.73 Å². The van der Waals surface area contributed by atoms with Crippen LogP contribution in [0.2, 0.25) is 5.02 Å². The maximum atomic E-state index is 13.7. The van der Waals surface area contributed by atoms with Crippen LogP contribution in [0.3, 0.4) is 0 Å². The molecule has 0 spiro atoms. The van der Waals surface area contributed by atoms with Crippen LogP contribution in [0, 0.1) is 12.7 Å². The summed E-state index contributed by atoms with van der Waals surface area (Å²) in [7, 11) is 0. The smallest absolute Gasteiger partial charge is 0.126 e. The highest BCUT2D eigenvalue weighted by Gasteiger charge is 2.13. The van der Waals surface area contributed by atoms with Crippen molar-refractivity contribution in [3.8, 4) is 0 Å². The Morgan fingerprint density at radius 1 is 1.26 bits per heavy atom. The van der Waals surface area contributed by atoms with Crippen LogP contribution in [0.4, 0.5) is 4.39 Å². The third kappa shape index (κ3) is 3.56. The van der Waals surface area contributed by atoms with Crippen molar-refractivity contribution in [1.29, 1.82) is 0 Å². The molecule has 0 fully saturated rings. The lowest BCUT2D eigenvalue weighted by molar-refractivity contribution is 0.593. The summed E-state index contributed by atoms with van der Waals surface area (Å²) in [6.07, 6.45) is 0.411. The summed E-state index contributed by atoms with van der Waals surface area (Å²) in [5, 5.41) is 0.520. The van der Waals surface area contributed by atoms with Crippen molar-refractivity contribution < 1.29 is 4.39 Å². The first-order valence-corrected chi connectivity index (χ1v) is 7.10. The van der Waals surface area contributed by atoms with E-state index in [1.807, 2.05) is 25.1 Å². The Labute approximate surface area is 125 Å². The highest BCUT2D eigenvalue weighted by atomic mass is 79.9. The van der Waals surface area contributed by atoms with Crippen LogP contribution in [-0.4, -0.2) is 0 Å². The molecule has 100 valence electrons. The SMILES string of the molecule is Cc1ccc(C(N)Cc2cc(Cl)ccc2F)c(Br)c1. The zero-order valence-electron chi connectivity index (χ0n) is 10.5. The van der Waals surface area contributed by atoms with Gasteiger partial charge in [-0.2, -0.15) is 0 Å². The maximum Gasteiger partial charge on any atom is 0.126 e. The van der Waals surface area contributed by atoms with Crippen LogP contribution in [0.25, 0.3) is 0 Å². The van der Waals surface area contributed by atoms with Crippen LogP contribution in [0.15, 0.2) is 40.9 Å². The monoisotopic (exact) mass is 341 g/mol. The van der Waals surface area contributed by atoms with E-state index >= 15 is 0 Å². The molecule has 0 saturated carbocycles. The number of benzene rings is 2. The molecular formula is C15H14BrClFN. The van der Waals surface area contributed by atoms with Crippen molar-refractivity contribution in [2.75, 3.05) is 0 Å². The summed E-state index contributed by atoms with van der Waals surface area (Å²) in [5.41, 5.74) is 8.80. The number of aryl methyl sites for hydroxylation is 1. The molecule has 1 nitrogen and oxygen atoms in total. The number of hydrogen-bond acceptors (Lipinski definition) is 1. The molecule has 0 saturated heterocycles. The zero-order chi connectivity index (χ0) is 14.0. The van der Waals surface area contributed by atoms with Crippen LogP contribution in [-0.2, 0) is 6.42 Å². The molecular weight excluding hydrogens is 329 g/mol. The molecule has 0 bridgehead atoms. The van der Waals surface area contributed by atoms with Gasteiger partial charge < -0.3 is 5.73 Å². The Balaban J connectivity index is 2.25. The summed E-state index contributed by atoms with van der Waals surface area (Å²) >= 11 is 9.38.